The fourth-order valence-corrected chi connectivity index (χ4v) is 3.42. The normalized spacial score (nSPS) is 15.7. The van der Waals surface area contributed by atoms with E-state index >= 15 is 0 Å². The topological polar surface area (TPSA) is 97.0 Å². The zero-order chi connectivity index (χ0) is 21.8. The van der Waals surface area contributed by atoms with Gasteiger partial charge in [-0.3, -0.25) is 14.4 Å². The number of ether oxygens (including phenoxy) is 2. The first-order valence-corrected chi connectivity index (χ1v) is 9.54. The lowest BCUT2D eigenvalue weighted by atomic mass is 10.1. The van der Waals surface area contributed by atoms with E-state index in [0.717, 1.165) is 5.56 Å². The Morgan fingerprint density at radius 3 is 2.47 bits per heavy atom. The standard InChI is InChI=1S/C22H25N3O5/c1-13-5-7-17(23-14(2)26)18(9-13)24-22(28)15-10-21(27)25(12-15)19-11-16(29-3)6-8-20(19)30-4/h5-9,11,15H,10,12H2,1-4H3,(H,23,26)(H,24,28). The second-order valence-corrected chi connectivity index (χ2v) is 7.16. The quantitative estimate of drug-likeness (QED) is 0.762. The maximum atomic E-state index is 12.9. The summed E-state index contributed by atoms with van der Waals surface area (Å²) in [6.45, 7) is 3.51. The molecule has 2 aromatic rings. The van der Waals surface area contributed by atoms with E-state index in [9.17, 15) is 14.4 Å². The molecule has 1 heterocycles. The van der Waals surface area contributed by atoms with Crippen LogP contribution in [0.15, 0.2) is 36.4 Å². The molecule has 2 aromatic carbocycles. The molecule has 0 bridgehead atoms. The predicted molar refractivity (Wildman–Crippen MR) is 114 cm³/mol. The van der Waals surface area contributed by atoms with Crippen molar-refractivity contribution >= 4 is 34.8 Å². The van der Waals surface area contributed by atoms with Crippen LogP contribution in [0.3, 0.4) is 0 Å². The van der Waals surface area contributed by atoms with Crippen LogP contribution in [0.2, 0.25) is 0 Å². The molecule has 8 nitrogen and oxygen atoms in total. The number of nitrogens with one attached hydrogen (secondary N) is 2. The van der Waals surface area contributed by atoms with Gasteiger partial charge in [0.05, 0.1) is 37.2 Å². The number of anilines is 3. The highest BCUT2D eigenvalue weighted by Crippen LogP contribution is 2.36. The minimum absolute atomic E-state index is 0.0769. The van der Waals surface area contributed by atoms with Crippen LogP contribution in [-0.2, 0) is 14.4 Å². The Morgan fingerprint density at radius 1 is 1.03 bits per heavy atom. The van der Waals surface area contributed by atoms with Gasteiger partial charge in [-0.2, -0.15) is 0 Å². The van der Waals surface area contributed by atoms with Crippen LogP contribution in [0.25, 0.3) is 0 Å². The molecule has 0 spiro atoms. The van der Waals surface area contributed by atoms with Crippen molar-refractivity contribution in [3.8, 4) is 11.5 Å². The Hall–Kier alpha value is -3.55. The number of benzene rings is 2. The van der Waals surface area contributed by atoms with Gasteiger partial charge in [0.1, 0.15) is 11.5 Å². The summed E-state index contributed by atoms with van der Waals surface area (Å²) in [5.74, 6) is -0.123. The second kappa shape index (κ2) is 8.86. The molecule has 3 rings (SSSR count). The SMILES string of the molecule is COc1ccc(OC)c(N2CC(C(=O)Nc3cc(C)ccc3NC(C)=O)CC2=O)c1. The summed E-state index contributed by atoms with van der Waals surface area (Å²) >= 11 is 0. The third-order valence-electron chi connectivity index (χ3n) is 4.92. The van der Waals surface area contributed by atoms with Gasteiger partial charge in [0.15, 0.2) is 0 Å². The molecule has 3 amide bonds. The number of nitrogens with zero attached hydrogens (tertiary/aromatic N) is 1. The van der Waals surface area contributed by atoms with Crippen LogP contribution in [0.4, 0.5) is 17.1 Å². The maximum Gasteiger partial charge on any atom is 0.229 e. The van der Waals surface area contributed by atoms with Gasteiger partial charge in [-0.25, -0.2) is 0 Å². The molecular weight excluding hydrogens is 386 g/mol. The number of carbonyl (C=O) groups excluding carboxylic acids is 3. The Labute approximate surface area is 175 Å². The molecule has 158 valence electrons. The molecule has 2 N–H and O–H groups in total. The Bertz CT molecular complexity index is 989. The molecular formula is C22H25N3O5. The Morgan fingerprint density at radius 2 is 1.80 bits per heavy atom. The summed E-state index contributed by atoms with van der Waals surface area (Å²) < 4.78 is 10.6. The second-order valence-electron chi connectivity index (χ2n) is 7.16. The Kier molecular flexibility index (Phi) is 6.25. The Balaban J connectivity index is 1.80. The molecule has 30 heavy (non-hydrogen) atoms. The van der Waals surface area contributed by atoms with Gasteiger partial charge in [-0.15, -0.1) is 0 Å². The lowest BCUT2D eigenvalue weighted by Gasteiger charge is -2.20. The molecule has 1 aliphatic rings. The lowest BCUT2D eigenvalue weighted by Crippen LogP contribution is -2.28. The predicted octanol–water partition coefficient (Wildman–Crippen LogP) is 2.96. The molecule has 0 aliphatic carbocycles. The van der Waals surface area contributed by atoms with Gasteiger partial charge in [-0.1, -0.05) is 6.07 Å². The van der Waals surface area contributed by atoms with Crippen LogP contribution >= 0.6 is 0 Å². The highest BCUT2D eigenvalue weighted by Gasteiger charge is 2.36. The van der Waals surface area contributed by atoms with Crippen LogP contribution in [-0.4, -0.2) is 38.5 Å². The number of aryl methyl sites for hydroxylation is 1. The number of carbonyl (C=O) groups is 3. The van der Waals surface area contributed by atoms with Crippen molar-refractivity contribution in [1.29, 1.82) is 0 Å². The number of hydrogen-bond donors (Lipinski definition) is 2. The highest BCUT2D eigenvalue weighted by molar-refractivity contribution is 6.06. The van der Waals surface area contributed by atoms with E-state index in [1.54, 1.807) is 37.4 Å². The van der Waals surface area contributed by atoms with Crippen molar-refractivity contribution in [3.63, 3.8) is 0 Å². The van der Waals surface area contributed by atoms with Crippen molar-refractivity contribution in [2.24, 2.45) is 5.92 Å². The molecule has 0 saturated carbocycles. The molecule has 1 atom stereocenters. The molecule has 0 aromatic heterocycles. The fourth-order valence-electron chi connectivity index (χ4n) is 3.42. The molecule has 0 radical (unpaired) electrons. The van der Waals surface area contributed by atoms with E-state index < -0.39 is 5.92 Å². The number of rotatable bonds is 6. The molecule has 1 aliphatic heterocycles. The van der Waals surface area contributed by atoms with Gasteiger partial charge in [0, 0.05) is 26.0 Å². The lowest BCUT2D eigenvalue weighted by molar-refractivity contribution is -0.122. The number of hydrogen-bond acceptors (Lipinski definition) is 5. The van der Waals surface area contributed by atoms with E-state index in [-0.39, 0.29) is 30.7 Å². The largest absolute Gasteiger partial charge is 0.497 e. The maximum absolute atomic E-state index is 12.9. The smallest absolute Gasteiger partial charge is 0.229 e. The van der Waals surface area contributed by atoms with Gasteiger partial charge in [-0.05, 0) is 36.8 Å². The van der Waals surface area contributed by atoms with E-state index in [4.69, 9.17) is 9.47 Å². The van der Waals surface area contributed by atoms with Crippen molar-refractivity contribution in [3.05, 3.63) is 42.0 Å². The van der Waals surface area contributed by atoms with Crippen molar-refractivity contribution in [1.82, 2.24) is 0 Å². The average molecular weight is 411 g/mol. The summed E-state index contributed by atoms with van der Waals surface area (Å²) in [5.41, 5.74) is 2.51. The minimum Gasteiger partial charge on any atom is -0.497 e. The van der Waals surface area contributed by atoms with Crippen LogP contribution in [0.5, 0.6) is 11.5 Å². The summed E-state index contributed by atoms with van der Waals surface area (Å²) in [6, 6.07) is 10.5. The van der Waals surface area contributed by atoms with Crippen molar-refractivity contribution in [2.75, 3.05) is 36.3 Å². The van der Waals surface area contributed by atoms with Gasteiger partial charge in [0.25, 0.3) is 0 Å². The zero-order valence-electron chi connectivity index (χ0n) is 17.4. The van der Waals surface area contributed by atoms with E-state index in [0.29, 0.717) is 28.6 Å². The minimum atomic E-state index is -0.543. The van der Waals surface area contributed by atoms with E-state index in [1.807, 2.05) is 13.0 Å². The summed E-state index contributed by atoms with van der Waals surface area (Å²) in [4.78, 5) is 38.6. The van der Waals surface area contributed by atoms with Crippen molar-refractivity contribution in [2.45, 2.75) is 20.3 Å². The fraction of sp³-hybridized carbons (Fsp3) is 0.318. The van der Waals surface area contributed by atoms with Crippen LogP contribution in [0, 0.1) is 12.8 Å². The summed E-state index contributed by atoms with van der Waals surface area (Å²) in [5, 5.41) is 5.56. The van der Waals surface area contributed by atoms with Gasteiger partial charge < -0.3 is 25.0 Å². The third kappa shape index (κ3) is 4.53. The van der Waals surface area contributed by atoms with Crippen LogP contribution in [0.1, 0.15) is 18.9 Å². The van der Waals surface area contributed by atoms with Crippen LogP contribution < -0.4 is 25.0 Å². The monoisotopic (exact) mass is 411 g/mol. The molecule has 1 unspecified atom stereocenters. The first-order valence-electron chi connectivity index (χ1n) is 9.54. The van der Waals surface area contributed by atoms with E-state index in [1.165, 1.54) is 18.9 Å². The third-order valence-corrected chi connectivity index (χ3v) is 4.92. The summed E-state index contributed by atoms with van der Waals surface area (Å²) in [7, 11) is 3.07. The average Bonchev–Trinajstić information content (AvgIpc) is 3.11. The van der Waals surface area contributed by atoms with Crippen molar-refractivity contribution < 1.29 is 23.9 Å². The van der Waals surface area contributed by atoms with Gasteiger partial charge in [0.2, 0.25) is 17.7 Å². The summed E-state index contributed by atoms with van der Waals surface area (Å²) in [6.07, 6.45) is 0.0769. The van der Waals surface area contributed by atoms with E-state index in [2.05, 4.69) is 10.6 Å². The first-order chi connectivity index (χ1) is 14.3. The number of methoxy groups -OCH3 is 2. The first kappa shape index (κ1) is 21.2. The molecule has 1 fully saturated rings. The molecule has 8 heteroatoms. The van der Waals surface area contributed by atoms with Gasteiger partial charge >= 0.3 is 0 Å². The highest BCUT2D eigenvalue weighted by atomic mass is 16.5. The number of amides is 3. The zero-order valence-corrected chi connectivity index (χ0v) is 17.4. The molecule has 1 saturated heterocycles.